The van der Waals surface area contributed by atoms with Crippen LogP contribution in [0.5, 0.6) is 5.75 Å². The molecule has 0 saturated carbocycles. The van der Waals surface area contributed by atoms with Gasteiger partial charge in [-0.15, -0.1) is 0 Å². The van der Waals surface area contributed by atoms with Crippen LogP contribution in [-0.2, 0) is 4.74 Å². The van der Waals surface area contributed by atoms with Crippen LogP contribution < -0.4 is 4.74 Å². The summed E-state index contributed by atoms with van der Waals surface area (Å²) in [5, 5.41) is 0.668. The highest BCUT2D eigenvalue weighted by atomic mass is 35.5. The number of morpholine rings is 1. The Balaban J connectivity index is 1.84. The van der Waals surface area contributed by atoms with Crippen LogP contribution in [0.15, 0.2) is 24.3 Å². The molecule has 1 atom stereocenters. The second-order valence-corrected chi connectivity index (χ2v) is 4.68. The summed E-state index contributed by atoms with van der Waals surface area (Å²) in [6.07, 6.45) is 0.132. The second kappa shape index (κ2) is 6.24. The van der Waals surface area contributed by atoms with Crippen molar-refractivity contribution in [1.29, 1.82) is 0 Å². The molecule has 17 heavy (non-hydrogen) atoms. The molecule has 1 aromatic rings. The molecule has 0 amide bonds. The predicted molar refractivity (Wildman–Crippen MR) is 68.8 cm³/mol. The van der Waals surface area contributed by atoms with E-state index in [1.165, 1.54) is 0 Å². The van der Waals surface area contributed by atoms with E-state index < -0.39 is 0 Å². The summed E-state index contributed by atoms with van der Waals surface area (Å²) in [6.45, 7) is 6.58. The van der Waals surface area contributed by atoms with Crippen molar-refractivity contribution in [2.24, 2.45) is 0 Å². The first-order valence-electron chi connectivity index (χ1n) is 5.97. The van der Waals surface area contributed by atoms with Gasteiger partial charge >= 0.3 is 0 Å². The summed E-state index contributed by atoms with van der Waals surface area (Å²) >= 11 is 6.05. The summed E-state index contributed by atoms with van der Waals surface area (Å²) in [7, 11) is 0. The number of hydrogen-bond acceptors (Lipinski definition) is 3. The van der Waals surface area contributed by atoms with Crippen LogP contribution in [0.2, 0.25) is 5.02 Å². The molecule has 0 aliphatic carbocycles. The Bertz CT molecular complexity index is 353. The van der Waals surface area contributed by atoms with E-state index in [2.05, 4.69) is 11.8 Å². The van der Waals surface area contributed by atoms with Crippen LogP contribution in [0, 0.1) is 0 Å². The number of rotatable bonds is 4. The van der Waals surface area contributed by atoms with E-state index in [9.17, 15) is 0 Å². The van der Waals surface area contributed by atoms with Crippen LogP contribution in [-0.4, -0.2) is 43.9 Å². The van der Waals surface area contributed by atoms with Crippen LogP contribution in [0.4, 0.5) is 0 Å². The highest BCUT2D eigenvalue weighted by Gasteiger charge is 2.15. The lowest BCUT2D eigenvalue weighted by molar-refractivity contribution is 0.0219. The van der Waals surface area contributed by atoms with E-state index in [4.69, 9.17) is 21.1 Å². The Morgan fingerprint density at radius 2 is 2.06 bits per heavy atom. The minimum atomic E-state index is 0.132. The van der Waals surface area contributed by atoms with Gasteiger partial charge in [-0.05, 0) is 19.1 Å². The fourth-order valence-corrected chi connectivity index (χ4v) is 2.12. The summed E-state index contributed by atoms with van der Waals surface area (Å²) in [5.41, 5.74) is 0. The molecule has 0 aromatic heterocycles. The van der Waals surface area contributed by atoms with Gasteiger partial charge in [-0.25, -0.2) is 0 Å². The lowest BCUT2D eigenvalue weighted by Gasteiger charge is -2.29. The van der Waals surface area contributed by atoms with Crippen molar-refractivity contribution in [2.45, 2.75) is 13.0 Å². The maximum Gasteiger partial charge on any atom is 0.138 e. The maximum absolute atomic E-state index is 6.05. The van der Waals surface area contributed by atoms with Crippen molar-refractivity contribution < 1.29 is 9.47 Å². The number of hydrogen-bond donors (Lipinski definition) is 0. The van der Waals surface area contributed by atoms with Crippen LogP contribution in [0.25, 0.3) is 0 Å². The molecular formula is C13H18ClNO2. The normalized spacial score (nSPS) is 18.9. The molecule has 1 aromatic carbocycles. The SMILES string of the molecule is CC(CN1CCOCC1)Oc1ccccc1Cl. The molecule has 2 rings (SSSR count). The van der Waals surface area contributed by atoms with E-state index in [-0.39, 0.29) is 6.10 Å². The molecule has 1 aliphatic rings. The van der Waals surface area contributed by atoms with Gasteiger partial charge in [-0.2, -0.15) is 0 Å². The van der Waals surface area contributed by atoms with Gasteiger partial charge in [-0.3, -0.25) is 4.90 Å². The van der Waals surface area contributed by atoms with E-state index in [1.807, 2.05) is 24.3 Å². The zero-order chi connectivity index (χ0) is 12.1. The Morgan fingerprint density at radius 3 is 2.76 bits per heavy atom. The average Bonchev–Trinajstić information content (AvgIpc) is 2.33. The molecule has 0 spiro atoms. The molecule has 0 radical (unpaired) electrons. The summed E-state index contributed by atoms with van der Waals surface area (Å²) in [5.74, 6) is 0.759. The van der Waals surface area contributed by atoms with Crippen molar-refractivity contribution in [3.8, 4) is 5.75 Å². The first-order valence-corrected chi connectivity index (χ1v) is 6.35. The van der Waals surface area contributed by atoms with Crippen molar-refractivity contribution >= 4 is 11.6 Å². The third-order valence-corrected chi connectivity index (χ3v) is 3.10. The zero-order valence-corrected chi connectivity index (χ0v) is 10.8. The molecule has 1 unspecified atom stereocenters. The van der Waals surface area contributed by atoms with Crippen LogP contribution >= 0.6 is 11.6 Å². The molecule has 0 bridgehead atoms. The molecule has 4 heteroatoms. The molecule has 1 fully saturated rings. The number of halogens is 1. The second-order valence-electron chi connectivity index (χ2n) is 4.27. The Morgan fingerprint density at radius 1 is 1.35 bits per heavy atom. The van der Waals surface area contributed by atoms with Crippen LogP contribution in [0.1, 0.15) is 6.92 Å². The van der Waals surface area contributed by atoms with Gasteiger partial charge in [0.05, 0.1) is 18.2 Å². The topological polar surface area (TPSA) is 21.7 Å². The maximum atomic E-state index is 6.05. The van der Waals surface area contributed by atoms with Crippen molar-refractivity contribution in [3.63, 3.8) is 0 Å². The molecule has 0 N–H and O–H groups in total. The number of nitrogens with zero attached hydrogens (tertiary/aromatic N) is 1. The Kier molecular flexibility index (Phi) is 4.66. The zero-order valence-electron chi connectivity index (χ0n) is 10.1. The van der Waals surface area contributed by atoms with Gasteiger partial charge in [-0.1, -0.05) is 23.7 Å². The van der Waals surface area contributed by atoms with E-state index >= 15 is 0 Å². The van der Waals surface area contributed by atoms with Gasteiger partial charge in [0.1, 0.15) is 11.9 Å². The van der Waals surface area contributed by atoms with E-state index in [1.54, 1.807) is 0 Å². The van der Waals surface area contributed by atoms with Crippen molar-refractivity contribution in [1.82, 2.24) is 4.90 Å². The Hall–Kier alpha value is -0.770. The lowest BCUT2D eigenvalue weighted by Crippen LogP contribution is -2.41. The van der Waals surface area contributed by atoms with Crippen molar-refractivity contribution in [3.05, 3.63) is 29.3 Å². The van der Waals surface area contributed by atoms with Gasteiger partial charge in [0.15, 0.2) is 0 Å². The smallest absolute Gasteiger partial charge is 0.138 e. The molecular weight excluding hydrogens is 238 g/mol. The lowest BCUT2D eigenvalue weighted by atomic mass is 10.3. The summed E-state index contributed by atoms with van der Waals surface area (Å²) in [6, 6.07) is 7.58. The van der Waals surface area contributed by atoms with E-state index in [0.717, 1.165) is 38.6 Å². The minimum absolute atomic E-state index is 0.132. The van der Waals surface area contributed by atoms with Crippen LogP contribution in [0.3, 0.4) is 0 Å². The number of para-hydroxylation sites is 1. The van der Waals surface area contributed by atoms with Gasteiger partial charge < -0.3 is 9.47 Å². The van der Waals surface area contributed by atoms with Gasteiger partial charge in [0.25, 0.3) is 0 Å². The third kappa shape index (κ3) is 3.87. The highest BCUT2D eigenvalue weighted by molar-refractivity contribution is 6.32. The highest BCUT2D eigenvalue weighted by Crippen LogP contribution is 2.24. The molecule has 1 saturated heterocycles. The average molecular weight is 256 g/mol. The minimum Gasteiger partial charge on any atom is -0.488 e. The monoisotopic (exact) mass is 255 g/mol. The fourth-order valence-electron chi connectivity index (χ4n) is 1.94. The number of benzene rings is 1. The van der Waals surface area contributed by atoms with Crippen molar-refractivity contribution in [2.75, 3.05) is 32.8 Å². The standard InChI is InChI=1S/C13H18ClNO2/c1-11(10-15-6-8-16-9-7-15)17-13-5-3-2-4-12(13)14/h2-5,11H,6-10H2,1H3. The van der Waals surface area contributed by atoms with E-state index in [0.29, 0.717) is 5.02 Å². The first-order chi connectivity index (χ1) is 8.25. The fraction of sp³-hybridized carbons (Fsp3) is 0.538. The third-order valence-electron chi connectivity index (χ3n) is 2.78. The molecule has 1 heterocycles. The van der Waals surface area contributed by atoms with Gasteiger partial charge in [0.2, 0.25) is 0 Å². The largest absolute Gasteiger partial charge is 0.488 e. The van der Waals surface area contributed by atoms with Gasteiger partial charge in [0, 0.05) is 19.6 Å². The summed E-state index contributed by atoms with van der Waals surface area (Å²) < 4.78 is 11.1. The predicted octanol–water partition coefficient (Wildman–Crippen LogP) is 2.44. The Labute approximate surface area is 107 Å². The number of ether oxygens (including phenoxy) is 2. The molecule has 3 nitrogen and oxygen atoms in total. The summed E-state index contributed by atoms with van der Waals surface area (Å²) in [4.78, 5) is 2.35. The first kappa shape index (κ1) is 12.7. The molecule has 94 valence electrons. The quantitative estimate of drug-likeness (QED) is 0.825. The molecule has 1 aliphatic heterocycles.